The topological polar surface area (TPSA) is 101 Å². The summed E-state index contributed by atoms with van der Waals surface area (Å²) < 4.78 is 5.78. The van der Waals surface area contributed by atoms with Crippen molar-refractivity contribution < 1.29 is 14.0 Å². The number of nitrogens with two attached hydrogens (primary N) is 1. The minimum atomic E-state index is -0.532. The van der Waals surface area contributed by atoms with Gasteiger partial charge in [0.25, 0.3) is 0 Å². The second kappa shape index (κ2) is 9.32. The second-order valence-electron chi connectivity index (χ2n) is 7.57. The van der Waals surface area contributed by atoms with Crippen LogP contribution in [-0.2, 0) is 22.6 Å². The molecule has 0 saturated carbocycles. The minimum Gasteiger partial charge on any atom is -0.461 e. The smallest absolute Gasteiger partial charge is 0.246 e. The van der Waals surface area contributed by atoms with E-state index in [1.54, 1.807) is 24.2 Å². The van der Waals surface area contributed by atoms with Crippen LogP contribution in [0, 0.1) is 6.92 Å². The van der Waals surface area contributed by atoms with Crippen LogP contribution in [0.1, 0.15) is 28.9 Å². The Bertz CT molecular complexity index is 1150. The van der Waals surface area contributed by atoms with Crippen LogP contribution < -0.4 is 11.1 Å². The molecule has 3 N–H and O–H groups in total. The van der Waals surface area contributed by atoms with Crippen molar-refractivity contribution in [2.24, 2.45) is 5.73 Å². The standard InChI is InChI=1S/C23H24N4O3.ClH/c1-14-18(17-5-3-4-6-20(17)30-14)13-27(2)21(28)10-7-15-11-16-8-9-19(24)23(29)26-22(16)25-12-15;/h3-7,10-12,19H,8-9,13,24H2,1-2H3,(H,25,26,29);1H/b10-7+;. The Balaban J connectivity index is 0.00000272. The molecule has 1 atom stereocenters. The molecule has 1 aromatic carbocycles. The molecule has 31 heavy (non-hydrogen) atoms. The lowest BCUT2D eigenvalue weighted by Crippen LogP contribution is -2.34. The highest BCUT2D eigenvalue weighted by Crippen LogP contribution is 2.26. The molecule has 1 aliphatic rings. The van der Waals surface area contributed by atoms with E-state index in [-0.39, 0.29) is 24.2 Å². The van der Waals surface area contributed by atoms with Crippen molar-refractivity contribution in [2.45, 2.75) is 32.4 Å². The minimum absolute atomic E-state index is 0. The van der Waals surface area contributed by atoms with E-state index in [9.17, 15) is 9.59 Å². The molecule has 0 saturated heterocycles. The fraction of sp³-hybridized carbons (Fsp3) is 0.261. The molecule has 1 aliphatic heterocycles. The van der Waals surface area contributed by atoms with Crippen molar-refractivity contribution in [1.29, 1.82) is 0 Å². The number of pyridine rings is 1. The summed E-state index contributed by atoms with van der Waals surface area (Å²) in [6, 6.07) is 9.22. The third kappa shape index (κ3) is 4.78. The zero-order valence-electron chi connectivity index (χ0n) is 17.4. The first-order valence-corrected chi connectivity index (χ1v) is 9.88. The lowest BCUT2D eigenvalue weighted by molar-refractivity contribution is -0.125. The van der Waals surface area contributed by atoms with Crippen molar-refractivity contribution in [3.8, 4) is 0 Å². The Morgan fingerprint density at radius 1 is 1.39 bits per heavy atom. The summed E-state index contributed by atoms with van der Waals surface area (Å²) >= 11 is 0. The number of para-hydroxylation sites is 1. The molecule has 0 spiro atoms. The van der Waals surface area contributed by atoms with Gasteiger partial charge in [-0.2, -0.15) is 0 Å². The van der Waals surface area contributed by atoms with E-state index in [2.05, 4.69) is 10.3 Å². The Kier molecular flexibility index (Phi) is 6.77. The number of carbonyl (C=O) groups excluding carboxylic acids is 2. The summed E-state index contributed by atoms with van der Waals surface area (Å²) in [5, 5.41) is 3.77. The van der Waals surface area contributed by atoms with Crippen LogP contribution in [0.15, 0.2) is 47.0 Å². The van der Waals surface area contributed by atoms with Gasteiger partial charge in [-0.1, -0.05) is 18.2 Å². The third-order valence-corrected chi connectivity index (χ3v) is 5.38. The van der Waals surface area contributed by atoms with Gasteiger partial charge in [-0.25, -0.2) is 4.98 Å². The highest BCUT2D eigenvalue weighted by Gasteiger charge is 2.21. The van der Waals surface area contributed by atoms with Crippen LogP contribution in [0.5, 0.6) is 0 Å². The molecule has 0 bridgehead atoms. The highest BCUT2D eigenvalue weighted by molar-refractivity contribution is 5.95. The number of likely N-dealkylation sites (N-methyl/N-ethyl adjacent to an activating group) is 1. The predicted octanol–water partition coefficient (Wildman–Crippen LogP) is 3.44. The predicted molar refractivity (Wildman–Crippen MR) is 123 cm³/mol. The zero-order chi connectivity index (χ0) is 21.3. The van der Waals surface area contributed by atoms with Gasteiger partial charge in [0, 0.05) is 36.8 Å². The second-order valence-corrected chi connectivity index (χ2v) is 7.57. The number of carbonyl (C=O) groups is 2. The van der Waals surface area contributed by atoms with Gasteiger partial charge in [0.05, 0.1) is 6.04 Å². The van der Waals surface area contributed by atoms with E-state index in [0.29, 0.717) is 25.2 Å². The molecular weight excluding hydrogens is 416 g/mol. The van der Waals surface area contributed by atoms with Crippen LogP contribution in [-0.4, -0.2) is 34.8 Å². The number of hydrogen-bond donors (Lipinski definition) is 2. The molecule has 4 rings (SSSR count). The Hall–Kier alpha value is -3.16. The fourth-order valence-corrected chi connectivity index (χ4v) is 3.60. The lowest BCUT2D eigenvalue weighted by Gasteiger charge is -2.15. The normalized spacial score (nSPS) is 15.8. The molecule has 3 heterocycles. The molecule has 0 fully saturated rings. The molecular formula is C23H25ClN4O3. The van der Waals surface area contributed by atoms with Crippen molar-refractivity contribution >= 4 is 47.1 Å². The molecule has 1 unspecified atom stereocenters. The maximum atomic E-state index is 12.6. The Morgan fingerprint density at radius 3 is 2.97 bits per heavy atom. The number of benzene rings is 1. The molecule has 7 nitrogen and oxygen atoms in total. The number of aryl methyl sites for hydroxylation is 2. The number of rotatable bonds is 4. The van der Waals surface area contributed by atoms with Gasteiger partial charge in [-0.05, 0) is 49.1 Å². The van der Waals surface area contributed by atoms with Gasteiger partial charge in [0.2, 0.25) is 11.8 Å². The number of nitrogens with one attached hydrogen (secondary N) is 1. The number of fused-ring (bicyclic) bond motifs is 2. The maximum Gasteiger partial charge on any atom is 0.246 e. The molecule has 0 radical (unpaired) electrons. The maximum absolute atomic E-state index is 12.6. The third-order valence-electron chi connectivity index (χ3n) is 5.38. The number of halogens is 1. The number of aromatic nitrogens is 1. The highest BCUT2D eigenvalue weighted by atomic mass is 35.5. The quantitative estimate of drug-likeness (QED) is 0.605. The van der Waals surface area contributed by atoms with Crippen LogP contribution in [0.25, 0.3) is 17.0 Å². The Morgan fingerprint density at radius 2 is 2.16 bits per heavy atom. The summed E-state index contributed by atoms with van der Waals surface area (Å²) in [5.74, 6) is 1.01. The van der Waals surface area contributed by atoms with Gasteiger partial charge in [0.1, 0.15) is 17.2 Å². The molecule has 8 heteroatoms. The number of amides is 2. The number of furan rings is 1. The largest absolute Gasteiger partial charge is 0.461 e. The average molecular weight is 441 g/mol. The van der Waals surface area contributed by atoms with Gasteiger partial charge in [0.15, 0.2) is 0 Å². The summed E-state index contributed by atoms with van der Waals surface area (Å²) in [6.07, 6.45) is 6.12. The van der Waals surface area contributed by atoms with Crippen molar-refractivity contribution in [2.75, 3.05) is 12.4 Å². The lowest BCUT2D eigenvalue weighted by atomic mass is 10.1. The van der Waals surface area contributed by atoms with Crippen molar-refractivity contribution in [1.82, 2.24) is 9.88 Å². The van der Waals surface area contributed by atoms with Gasteiger partial charge in [-0.3, -0.25) is 9.59 Å². The van der Waals surface area contributed by atoms with E-state index in [1.807, 2.05) is 37.3 Å². The van der Waals surface area contributed by atoms with Crippen LogP contribution >= 0.6 is 12.4 Å². The monoisotopic (exact) mass is 440 g/mol. The summed E-state index contributed by atoms with van der Waals surface area (Å²) in [6.45, 7) is 2.37. The molecule has 0 aliphatic carbocycles. The van der Waals surface area contributed by atoms with E-state index < -0.39 is 6.04 Å². The van der Waals surface area contributed by atoms with E-state index in [0.717, 1.165) is 33.4 Å². The molecule has 2 aromatic heterocycles. The van der Waals surface area contributed by atoms with Gasteiger partial charge in [-0.15, -0.1) is 12.4 Å². The average Bonchev–Trinajstić information content (AvgIpc) is 2.98. The summed E-state index contributed by atoms with van der Waals surface area (Å²) in [5.41, 5.74) is 9.36. The molecule has 3 aromatic rings. The zero-order valence-corrected chi connectivity index (χ0v) is 18.2. The summed E-state index contributed by atoms with van der Waals surface area (Å²) in [4.78, 5) is 30.4. The van der Waals surface area contributed by atoms with Gasteiger partial charge < -0.3 is 20.4 Å². The number of hydrogen-bond acceptors (Lipinski definition) is 5. The first-order valence-electron chi connectivity index (χ1n) is 9.88. The first-order chi connectivity index (χ1) is 14.4. The number of nitrogens with zero attached hydrogens (tertiary/aromatic N) is 2. The van der Waals surface area contributed by atoms with Gasteiger partial charge >= 0.3 is 0 Å². The summed E-state index contributed by atoms with van der Waals surface area (Å²) in [7, 11) is 1.76. The van der Waals surface area contributed by atoms with Crippen LogP contribution in [0.4, 0.5) is 5.82 Å². The van der Waals surface area contributed by atoms with Crippen LogP contribution in [0.2, 0.25) is 0 Å². The van der Waals surface area contributed by atoms with E-state index in [1.165, 1.54) is 6.08 Å². The SMILES string of the molecule is Cc1oc2ccccc2c1CN(C)C(=O)/C=C/c1cnc2c(c1)CCC(N)C(=O)N2.Cl. The number of anilines is 1. The van der Waals surface area contributed by atoms with Crippen molar-refractivity contribution in [3.05, 3.63) is 65.1 Å². The Labute approximate surface area is 186 Å². The van der Waals surface area contributed by atoms with Crippen LogP contribution in [0.3, 0.4) is 0 Å². The van der Waals surface area contributed by atoms with Crippen molar-refractivity contribution in [3.63, 3.8) is 0 Å². The van der Waals surface area contributed by atoms with E-state index in [4.69, 9.17) is 10.2 Å². The molecule has 2 amide bonds. The fourth-order valence-electron chi connectivity index (χ4n) is 3.60. The van der Waals surface area contributed by atoms with E-state index >= 15 is 0 Å². The first kappa shape index (κ1) is 22.5. The molecule has 162 valence electrons.